The van der Waals surface area contributed by atoms with E-state index in [1.165, 1.54) is 5.57 Å². The summed E-state index contributed by atoms with van der Waals surface area (Å²) >= 11 is 0. The van der Waals surface area contributed by atoms with Gasteiger partial charge in [-0.1, -0.05) is 50.5 Å². The molecule has 0 amide bonds. The van der Waals surface area contributed by atoms with Gasteiger partial charge in [0.25, 0.3) is 0 Å². The van der Waals surface area contributed by atoms with Crippen molar-refractivity contribution in [3.63, 3.8) is 0 Å². The van der Waals surface area contributed by atoms with Gasteiger partial charge in [-0.3, -0.25) is 0 Å². The molecule has 0 spiro atoms. The maximum atomic E-state index is 3.67. The molecule has 0 aromatic rings. The quantitative estimate of drug-likeness (QED) is 0.547. The zero-order valence-corrected chi connectivity index (χ0v) is 10.2. The Morgan fingerprint density at radius 1 is 1.47 bits per heavy atom. The standard InChI is InChI=1S/C14H21N/c1-6-7-10-14(12(2)3)13(4)9-8-11-15-5/h6-7,10,12,15H,1,11H2,2-5H3/b10-7-,14-13-. The minimum atomic E-state index is 0.491. The lowest BCUT2D eigenvalue weighted by molar-refractivity contribution is 0.784. The molecule has 0 atom stereocenters. The molecule has 0 aromatic carbocycles. The molecule has 0 bridgehead atoms. The van der Waals surface area contributed by atoms with Crippen molar-refractivity contribution in [3.8, 4) is 11.8 Å². The molecule has 0 aliphatic rings. The minimum Gasteiger partial charge on any atom is -0.309 e. The van der Waals surface area contributed by atoms with Gasteiger partial charge in [-0.25, -0.2) is 0 Å². The van der Waals surface area contributed by atoms with Crippen molar-refractivity contribution < 1.29 is 0 Å². The summed E-state index contributed by atoms with van der Waals surface area (Å²) < 4.78 is 0. The molecule has 0 radical (unpaired) electrons. The molecular formula is C14H21N. The van der Waals surface area contributed by atoms with E-state index in [1.54, 1.807) is 6.08 Å². The highest BCUT2D eigenvalue weighted by Crippen LogP contribution is 2.15. The van der Waals surface area contributed by atoms with E-state index in [0.717, 1.165) is 12.1 Å². The third-order valence-corrected chi connectivity index (χ3v) is 2.01. The van der Waals surface area contributed by atoms with Crippen LogP contribution in [0.1, 0.15) is 20.8 Å². The van der Waals surface area contributed by atoms with E-state index in [2.05, 4.69) is 50.6 Å². The van der Waals surface area contributed by atoms with E-state index < -0.39 is 0 Å². The van der Waals surface area contributed by atoms with Crippen LogP contribution < -0.4 is 5.32 Å². The Morgan fingerprint density at radius 2 is 2.13 bits per heavy atom. The molecule has 15 heavy (non-hydrogen) atoms. The van der Waals surface area contributed by atoms with Crippen LogP contribution in [0.3, 0.4) is 0 Å². The first-order chi connectivity index (χ1) is 7.13. The third kappa shape index (κ3) is 5.93. The Kier molecular flexibility index (Phi) is 7.40. The molecule has 0 rings (SSSR count). The van der Waals surface area contributed by atoms with Crippen LogP contribution >= 0.6 is 0 Å². The normalized spacial score (nSPS) is 12.3. The van der Waals surface area contributed by atoms with Gasteiger partial charge in [-0.2, -0.15) is 0 Å². The number of allylic oxidation sites excluding steroid dienone is 5. The van der Waals surface area contributed by atoms with Crippen LogP contribution in [0.25, 0.3) is 0 Å². The smallest absolute Gasteiger partial charge is 0.0577 e. The second-order valence-corrected chi connectivity index (χ2v) is 3.66. The molecule has 0 aliphatic carbocycles. The molecule has 1 nitrogen and oxygen atoms in total. The highest BCUT2D eigenvalue weighted by Gasteiger charge is 2.01. The van der Waals surface area contributed by atoms with Crippen molar-refractivity contribution >= 4 is 0 Å². The van der Waals surface area contributed by atoms with E-state index in [1.807, 2.05) is 13.1 Å². The fraction of sp³-hybridized carbons (Fsp3) is 0.429. The van der Waals surface area contributed by atoms with E-state index in [0.29, 0.717) is 5.92 Å². The minimum absolute atomic E-state index is 0.491. The second kappa shape index (κ2) is 8.08. The molecule has 0 heterocycles. The Bertz CT molecular complexity index is 308. The summed E-state index contributed by atoms with van der Waals surface area (Å²) in [4.78, 5) is 0. The average molecular weight is 203 g/mol. The molecule has 1 N–H and O–H groups in total. The fourth-order valence-electron chi connectivity index (χ4n) is 1.26. The molecule has 0 aliphatic heterocycles. The third-order valence-electron chi connectivity index (χ3n) is 2.01. The lowest BCUT2D eigenvalue weighted by Crippen LogP contribution is -2.04. The van der Waals surface area contributed by atoms with E-state index >= 15 is 0 Å². The van der Waals surface area contributed by atoms with Gasteiger partial charge < -0.3 is 5.32 Å². The fourth-order valence-corrected chi connectivity index (χ4v) is 1.26. The molecule has 0 unspecified atom stereocenters. The van der Waals surface area contributed by atoms with Gasteiger partial charge in [0.1, 0.15) is 0 Å². The van der Waals surface area contributed by atoms with Gasteiger partial charge in [0.2, 0.25) is 0 Å². The molecular weight excluding hydrogens is 182 g/mol. The van der Waals surface area contributed by atoms with Crippen molar-refractivity contribution in [2.24, 2.45) is 5.92 Å². The van der Waals surface area contributed by atoms with Crippen LogP contribution in [0.2, 0.25) is 0 Å². The summed E-state index contributed by atoms with van der Waals surface area (Å²) in [6.45, 7) is 10.8. The van der Waals surface area contributed by atoms with Crippen molar-refractivity contribution in [2.75, 3.05) is 13.6 Å². The van der Waals surface area contributed by atoms with Crippen LogP contribution in [-0.2, 0) is 0 Å². The van der Waals surface area contributed by atoms with Crippen LogP contribution in [-0.4, -0.2) is 13.6 Å². The summed E-state index contributed by atoms with van der Waals surface area (Å²) in [7, 11) is 1.90. The lowest BCUT2D eigenvalue weighted by Gasteiger charge is -2.07. The summed E-state index contributed by atoms with van der Waals surface area (Å²) in [5.41, 5.74) is 2.41. The Balaban J connectivity index is 4.86. The van der Waals surface area contributed by atoms with E-state index in [-0.39, 0.29) is 0 Å². The largest absolute Gasteiger partial charge is 0.309 e. The molecule has 0 saturated heterocycles. The highest BCUT2D eigenvalue weighted by molar-refractivity contribution is 5.39. The maximum Gasteiger partial charge on any atom is 0.0577 e. The SMILES string of the molecule is C=C/C=C\C(=C(/C)C#CCNC)C(C)C. The molecule has 0 aromatic heterocycles. The lowest BCUT2D eigenvalue weighted by atomic mass is 9.97. The number of rotatable bonds is 4. The van der Waals surface area contributed by atoms with Crippen molar-refractivity contribution in [1.29, 1.82) is 0 Å². The first kappa shape index (κ1) is 13.7. The van der Waals surface area contributed by atoms with Crippen molar-refractivity contribution in [1.82, 2.24) is 5.32 Å². The second-order valence-electron chi connectivity index (χ2n) is 3.66. The maximum absolute atomic E-state index is 3.67. The van der Waals surface area contributed by atoms with Gasteiger partial charge in [0.05, 0.1) is 6.54 Å². The molecule has 0 fully saturated rings. The van der Waals surface area contributed by atoms with Crippen LogP contribution in [0.5, 0.6) is 0 Å². The number of hydrogen-bond acceptors (Lipinski definition) is 1. The molecule has 0 saturated carbocycles. The average Bonchev–Trinajstić information content (AvgIpc) is 2.18. The van der Waals surface area contributed by atoms with Crippen molar-refractivity contribution in [2.45, 2.75) is 20.8 Å². The predicted octanol–water partition coefficient (Wildman–Crippen LogP) is 2.92. The van der Waals surface area contributed by atoms with Gasteiger partial charge in [-0.15, -0.1) is 0 Å². The first-order valence-electron chi connectivity index (χ1n) is 5.26. The summed E-state index contributed by atoms with van der Waals surface area (Å²) in [6.07, 6.45) is 5.83. The monoisotopic (exact) mass is 203 g/mol. The van der Waals surface area contributed by atoms with Crippen LogP contribution in [0.15, 0.2) is 36.0 Å². The molecule has 82 valence electrons. The Labute approximate surface area is 94.0 Å². The summed E-state index contributed by atoms with van der Waals surface area (Å²) in [5, 5.41) is 3.00. The first-order valence-corrected chi connectivity index (χ1v) is 5.26. The van der Waals surface area contributed by atoms with Crippen LogP contribution in [0, 0.1) is 17.8 Å². The topological polar surface area (TPSA) is 12.0 Å². The zero-order valence-electron chi connectivity index (χ0n) is 10.2. The van der Waals surface area contributed by atoms with Gasteiger partial charge in [0.15, 0.2) is 0 Å². The number of nitrogens with one attached hydrogen (secondary N) is 1. The Morgan fingerprint density at radius 3 is 2.60 bits per heavy atom. The van der Waals surface area contributed by atoms with E-state index in [4.69, 9.17) is 0 Å². The predicted molar refractivity (Wildman–Crippen MR) is 68.6 cm³/mol. The number of hydrogen-bond donors (Lipinski definition) is 1. The van der Waals surface area contributed by atoms with Gasteiger partial charge in [-0.05, 0) is 25.5 Å². The Hall–Kier alpha value is -1.26. The van der Waals surface area contributed by atoms with Gasteiger partial charge in [0, 0.05) is 5.57 Å². The summed E-state index contributed by atoms with van der Waals surface area (Å²) in [6, 6.07) is 0. The summed E-state index contributed by atoms with van der Waals surface area (Å²) in [5.74, 6) is 6.71. The molecule has 1 heteroatoms. The van der Waals surface area contributed by atoms with Crippen LogP contribution in [0.4, 0.5) is 0 Å². The zero-order chi connectivity index (χ0) is 11.7. The highest BCUT2D eigenvalue weighted by atomic mass is 14.8. The van der Waals surface area contributed by atoms with E-state index in [9.17, 15) is 0 Å². The van der Waals surface area contributed by atoms with Crippen molar-refractivity contribution in [3.05, 3.63) is 36.0 Å². The van der Waals surface area contributed by atoms with Gasteiger partial charge >= 0.3 is 0 Å².